The third-order valence-electron chi connectivity index (χ3n) is 5.16. The lowest BCUT2D eigenvalue weighted by atomic mass is 10.0. The fourth-order valence-electron chi connectivity index (χ4n) is 3.47. The van der Waals surface area contributed by atoms with E-state index in [-0.39, 0.29) is 24.0 Å². The Morgan fingerprint density at radius 2 is 1.73 bits per heavy atom. The number of aliphatic imine (C=N–C) groups is 1. The second-order valence-corrected chi connectivity index (χ2v) is 7.40. The number of ether oxygens (including phenoxy) is 2. The number of hydrogen-bond acceptors (Lipinski definition) is 4. The van der Waals surface area contributed by atoms with Crippen LogP contribution in [0.1, 0.15) is 18.4 Å². The molecule has 2 aromatic rings. The van der Waals surface area contributed by atoms with Gasteiger partial charge in [0.25, 0.3) is 0 Å². The van der Waals surface area contributed by atoms with Gasteiger partial charge < -0.3 is 25.0 Å². The Kier molecular flexibility index (Phi) is 9.84. The second-order valence-electron chi connectivity index (χ2n) is 6.99. The second kappa shape index (κ2) is 12.1. The monoisotopic (exact) mass is 544 g/mol. The highest BCUT2D eigenvalue weighted by molar-refractivity contribution is 14.0. The number of halogens is 2. The minimum Gasteiger partial charge on any atom is -0.497 e. The Hall–Kier alpha value is -1.87. The van der Waals surface area contributed by atoms with Crippen molar-refractivity contribution in [2.75, 3.05) is 39.3 Å². The molecular weight excluding hydrogens is 515 g/mol. The number of methoxy groups -OCH3 is 2. The quantitative estimate of drug-likeness (QED) is 0.323. The van der Waals surface area contributed by atoms with E-state index in [1.807, 2.05) is 30.3 Å². The number of hydrogen-bond donors (Lipinski definition) is 2. The SMILES string of the molecule is CN=C(NCc1ccccc1Cl)NC1CCN(c2cc(OC)cc(OC)c2)CC1.I. The molecule has 0 bridgehead atoms. The van der Waals surface area contributed by atoms with Gasteiger partial charge in [-0.2, -0.15) is 0 Å². The summed E-state index contributed by atoms with van der Waals surface area (Å²) in [6.07, 6.45) is 2.04. The first-order chi connectivity index (χ1) is 14.1. The number of guanidine groups is 1. The third kappa shape index (κ3) is 6.57. The van der Waals surface area contributed by atoms with Gasteiger partial charge in [0, 0.05) is 61.6 Å². The van der Waals surface area contributed by atoms with Crippen molar-refractivity contribution in [3.8, 4) is 11.5 Å². The Balaban J connectivity index is 0.00000320. The van der Waals surface area contributed by atoms with E-state index in [1.54, 1.807) is 21.3 Å². The number of nitrogens with zero attached hydrogens (tertiary/aromatic N) is 2. The average molecular weight is 545 g/mol. The van der Waals surface area contributed by atoms with Crippen molar-refractivity contribution in [1.29, 1.82) is 0 Å². The van der Waals surface area contributed by atoms with Crippen LogP contribution in [0.15, 0.2) is 47.5 Å². The zero-order chi connectivity index (χ0) is 20.6. The summed E-state index contributed by atoms with van der Waals surface area (Å²) in [6.45, 7) is 2.55. The molecule has 0 aliphatic carbocycles. The van der Waals surface area contributed by atoms with Gasteiger partial charge in [0.05, 0.1) is 14.2 Å². The number of anilines is 1. The third-order valence-corrected chi connectivity index (χ3v) is 5.53. The molecule has 0 radical (unpaired) electrons. The maximum atomic E-state index is 6.24. The van der Waals surface area contributed by atoms with Gasteiger partial charge in [-0.1, -0.05) is 29.8 Å². The Bertz CT molecular complexity index is 819. The van der Waals surface area contributed by atoms with Crippen LogP contribution < -0.4 is 25.0 Å². The van der Waals surface area contributed by atoms with Crippen molar-refractivity contribution in [3.05, 3.63) is 53.1 Å². The zero-order valence-corrected chi connectivity index (χ0v) is 20.7. The highest BCUT2D eigenvalue weighted by Crippen LogP contribution is 2.30. The highest BCUT2D eigenvalue weighted by Gasteiger charge is 2.21. The maximum Gasteiger partial charge on any atom is 0.191 e. The summed E-state index contributed by atoms with van der Waals surface area (Å²) in [6, 6.07) is 14.2. The molecule has 0 spiro atoms. The molecule has 0 amide bonds. The van der Waals surface area contributed by atoms with Crippen molar-refractivity contribution in [1.82, 2.24) is 10.6 Å². The Morgan fingerprint density at radius 3 is 2.30 bits per heavy atom. The predicted octanol–water partition coefficient (Wildman–Crippen LogP) is 4.31. The van der Waals surface area contributed by atoms with Gasteiger partial charge in [-0.25, -0.2) is 0 Å². The molecule has 3 rings (SSSR count). The van der Waals surface area contributed by atoms with Gasteiger partial charge in [0.1, 0.15) is 11.5 Å². The molecule has 0 atom stereocenters. The topological polar surface area (TPSA) is 58.1 Å². The van der Waals surface area contributed by atoms with E-state index in [9.17, 15) is 0 Å². The smallest absolute Gasteiger partial charge is 0.191 e. The van der Waals surface area contributed by atoms with E-state index in [2.05, 4.69) is 32.7 Å². The summed E-state index contributed by atoms with van der Waals surface area (Å²) < 4.78 is 10.8. The van der Waals surface area contributed by atoms with Crippen LogP contribution in [0, 0.1) is 0 Å². The molecule has 0 aromatic heterocycles. The van der Waals surface area contributed by atoms with Crippen LogP contribution in [0.5, 0.6) is 11.5 Å². The van der Waals surface area contributed by atoms with Crippen LogP contribution in [-0.4, -0.2) is 46.4 Å². The lowest BCUT2D eigenvalue weighted by molar-refractivity contribution is 0.393. The molecule has 2 aromatic carbocycles. The largest absolute Gasteiger partial charge is 0.497 e. The first-order valence-electron chi connectivity index (χ1n) is 9.81. The zero-order valence-electron chi connectivity index (χ0n) is 17.7. The molecule has 6 nitrogen and oxygen atoms in total. The lowest BCUT2D eigenvalue weighted by Crippen LogP contribution is -2.48. The van der Waals surface area contributed by atoms with Gasteiger partial charge in [-0.3, -0.25) is 4.99 Å². The van der Waals surface area contributed by atoms with Crippen LogP contribution in [0.4, 0.5) is 5.69 Å². The predicted molar refractivity (Wildman–Crippen MR) is 135 cm³/mol. The molecule has 1 saturated heterocycles. The lowest BCUT2D eigenvalue weighted by Gasteiger charge is -2.34. The first-order valence-corrected chi connectivity index (χ1v) is 10.2. The van der Waals surface area contributed by atoms with Gasteiger partial charge >= 0.3 is 0 Å². The molecule has 30 heavy (non-hydrogen) atoms. The number of benzene rings is 2. The van der Waals surface area contributed by atoms with Gasteiger partial charge in [0.15, 0.2) is 5.96 Å². The molecule has 1 fully saturated rings. The van der Waals surface area contributed by atoms with Crippen molar-refractivity contribution in [2.45, 2.75) is 25.4 Å². The van der Waals surface area contributed by atoms with E-state index < -0.39 is 0 Å². The molecule has 0 unspecified atom stereocenters. The molecule has 1 aliphatic rings. The van der Waals surface area contributed by atoms with E-state index in [0.29, 0.717) is 12.6 Å². The molecule has 164 valence electrons. The Morgan fingerprint density at radius 1 is 1.10 bits per heavy atom. The number of nitrogens with one attached hydrogen (secondary N) is 2. The summed E-state index contributed by atoms with van der Waals surface area (Å²) in [5.41, 5.74) is 2.18. The maximum absolute atomic E-state index is 6.24. The standard InChI is InChI=1S/C22H29ClN4O2.HI/c1-24-22(25-15-16-6-4-5-7-21(16)23)26-17-8-10-27(11-9-17)18-12-19(28-2)14-20(13-18)29-3;/h4-7,12-14,17H,8-11,15H2,1-3H3,(H2,24,25,26);1H. The summed E-state index contributed by atoms with van der Waals surface area (Å²) in [7, 11) is 5.14. The summed E-state index contributed by atoms with van der Waals surface area (Å²) >= 11 is 6.24. The van der Waals surface area contributed by atoms with Crippen LogP contribution in [0.3, 0.4) is 0 Å². The summed E-state index contributed by atoms with van der Waals surface area (Å²) in [5, 5.41) is 7.65. The van der Waals surface area contributed by atoms with E-state index in [4.69, 9.17) is 21.1 Å². The molecule has 8 heteroatoms. The summed E-state index contributed by atoms with van der Waals surface area (Å²) in [4.78, 5) is 6.72. The minimum absolute atomic E-state index is 0. The van der Waals surface area contributed by atoms with Crippen LogP contribution >= 0.6 is 35.6 Å². The normalized spacial score (nSPS) is 14.7. The number of piperidine rings is 1. The molecule has 0 saturated carbocycles. The molecule has 2 N–H and O–H groups in total. The van der Waals surface area contributed by atoms with Gasteiger partial charge in [0.2, 0.25) is 0 Å². The van der Waals surface area contributed by atoms with E-state index in [1.165, 1.54) is 0 Å². The Labute approximate surface area is 201 Å². The van der Waals surface area contributed by atoms with Crippen molar-refractivity contribution < 1.29 is 9.47 Å². The van der Waals surface area contributed by atoms with Crippen molar-refractivity contribution in [3.63, 3.8) is 0 Å². The molecular formula is C22H30ClIN4O2. The fourth-order valence-corrected chi connectivity index (χ4v) is 3.67. The van der Waals surface area contributed by atoms with Crippen molar-refractivity contribution in [2.24, 2.45) is 4.99 Å². The molecule has 1 heterocycles. The average Bonchev–Trinajstić information content (AvgIpc) is 2.77. The van der Waals surface area contributed by atoms with Gasteiger partial charge in [-0.15, -0.1) is 24.0 Å². The number of rotatable bonds is 6. The van der Waals surface area contributed by atoms with Crippen LogP contribution in [0.2, 0.25) is 5.02 Å². The van der Waals surface area contributed by atoms with Crippen molar-refractivity contribution >= 4 is 47.2 Å². The fraction of sp³-hybridized carbons (Fsp3) is 0.409. The first kappa shape index (κ1) is 24.4. The highest BCUT2D eigenvalue weighted by atomic mass is 127. The minimum atomic E-state index is 0. The van der Waals surface area contributed by atoms with E-state index >= 15 is 0 Å². The van der Waals surface area contributed by atoms with Crippen LogP contribution in [0.25, 0.3) is 0 Å². The molecule has 1 aliphatic heterocycles. The van der Waals surface area contributed by atoms with Gasteiger partial charge in [-0.05, 0) is 24.5 Å². The van der Waals surface area contributed by atoms with Crippen LogP contribution in [-0.2, 0) is 6.54 Å². The van der Waals surface area contributed by atoms with E-state index in [0.717, 1.165) is 59.7 Å². The summed E-state index contributed by atoms with van der Waals surface area (Å²) in [5.74, 6) is 2.42.